The van der Waals surface area contributed by atoms with E-state index in [-0.39, 0.29) is 10.6 Å². The Hall–Kier alpha value is -2.71. The molecule has 122 valence electrons. The van der Waals surface area contributed by atoms with Crippen molar-refractivity contribution in [3.8, 4) is 0 Å². The number of hydrogen-bond donors (Lipinski definition) is 0. The molecule has 9 nitrogen and oxygen atoms in total. The van der Waals surface area contributed by atoms with E-state index in [1.165, 1.54) is 0 Å². The summed E-state index contributed by atoms with van der Waals surface area (Å²) in [5.74, 6) is 1.42. The predicted molar refractivity (Wildman–Crippen MR) is 85.7 cm³/mol. The van der Waals surface area contributed by atoms with E-state index in [1.807, 2.05) is 11.8 Å². The Bertz CT molecular complexity index is 693. The highest BCUT2D eigenvalue weighted by Crippen LogP contribution is 2.32. The Morgan fingerprint density at radius 1 is 1.22 bits per heavy atom. The quantitative estimate of drug-likeness (QED) is 0.613. The Kier molecular flexibility index (Phi) is 4.09. The summed E-state index contributed by atoms with van der Waals surface area (Å²) in [6.07, 6.45) is 5.59. The van der Waals surface area contributed by atoms with E-state index in [4.69, 9.17) is 0 Å². The lowest BCUT2D eigenvalue weighted by Crippen LogP contribution is -2.47. The van der Waals surface area contributed by atoms with E-state index in [9.17, 15) is 10.1 Å². The van der Waals surface area contributed by atoms with Gasteiger partial charge in [0.2, 0.25) is 5.82 Å². The first-order valence-electron chi connectivity index (χ1n) is 7.58. The van der Waals surface area contributed by atoms with Crippen LogP contribution in [0.1, 0.15) is 12.6 Å². The van der Waals surface area contributed by atoms with Crippen LogP contribution >= 0.6 is 0 Å². The molecule has 1 saturated heterocycles. The monoisotopic (exact) mass is 317 g/mol. The second-order valence-electron chi connectivity index (χ2n) is 5.39. The van der Waals surface area contributed by atoms with E-state index in [2.05, 4.69) is 20.0 Å². The first-order chi connectivity index (χ1) is 11.1. The molecule has 3 rings (SSSR count). The summed E-state index contributed by atoms with van der Waals surface area (Å²) in [6, 6.07) is 0. The molecule has 0 aromatic carbocycles. The van der Waals surface area contributed by atoms with Crippen LogP contribution in [0, 0.1) is 10.1 Å². The third kappa shape index (κ3) is 2.81. The van der Waals surface area contributed by atoms with Crippen LogP contribution in [0.3, 0.4) is 0 Å². The molecule has 0 spiro atoms. The van der Waals surface area contributed by atoms with E-state index in [0.717, 1.165) is 18.9 Å². The lowest BCUT2D eigenvalue weighted by molar-refractivity contribution is -0.384. The Morgan fingerprint density at radius 2 is 1.91 bits per heavy atom. The van der Waals surface area contributed by atoms with Crippen molar-refractivity contribution >= 4 is 17.3 Å². The van der Waals surface area contributed by atoms with Gasteiger partial charge in [-0.3, -0.25) is 15.1 Å². The number of nitro groups is 1. The molecule has 9 heteroatoms. The van der Waals surface area contributed by atoms with Crippen molar-refractivity contribution in [3.05, 3.63) is 34.4 Å². The maximum absolute atomic E-state index is 11.4. The number of anilines is 2. The molecule has 0 aliphatic carbocycles. The van der Waals surface area contributed by atoms with Gasteiger partial charge in [0.05, 0.1) is 11.1 Å². The molecule has 1 aliphatic heterocycles. The van der Waals surface area contributed by atoms with Gasteiger partial charge in [0.25, 0.3) is 0 Å². The van der Waals surface area contributed by atoms with Crippen molar-refractivity contribution in [2.24, 2.45) is 7.05 Å². The lowest BCUT2D eigenvalue weighted by Gasteiger charge is -2.35. The third-order valence-corrected chi connectivity index (χ3v) is 4.03. The SMILES string of the molecule is CCc1nn(C)c(N2CCN(c3cnccn3)CC2)c1[N+](=O)[O-]. The second-order valence-corrected chi connectivity index (χ2v) is 5.39. The highest BCUT2D eigenvalue weighted by molar-refractivity contribution is 5.62. The largest absolute Gasteiger partial charge is 0.352 e. The van der Waals surface area contributed by atoms with Crippen molar-refractivity contribution in [2.45, 2.75) is 13.3 Å². The molecule has 23 heavy (non-hydrogen) atoms. The van der Waals surface area contributed by atoms with Crippen molar-refractivity contribution in [1.29, 1.82) is 0 Å². The van der Waals surface area contributed by atoms with Crippen LogP contribution in [-0.4, -0.2) is 50.9 Å². The molecule has 1 fully saturated rings. The zero-order valence-electron chi connectivity index (χ0n) is 13.2. The van der Waals surface area contributed by atoms with Gasteiger partial charge >= 0.3 is 5.69 Å². The van der Waals surface area contributed by atoms with Crippen LogP contribution < -0.4 is 9.80 Å². The minimum Gasteiger partial charge on any atom is -0.352 e. The van der Waals surface area contributed by atoms with Gasteiger partial charge in [-0.05, 0) is 6.42 Å². The topological polar surface area (TPSA) is 93.2 Å². The molecule has 0 radical (unpaired) electrons. The minimum absolute atomic E-state index is 0.128. The fourth-order valence-corrected chi connectivity index (χ4v) is 2.94. The van der Waals surface area contributed by atoms with E-state index in [1.54, 1.807) is 30.3 Å². The number of rotatable bonds is 4. The Balaban J connectivity index is 1.80. The van der Waals surface area contributed by atoms with E-state index in [0.29, 0.717) is 31.0 Å². The van der Waals surface area contributed by atoms with Crippen LogP contribution in [0.5, 0.6) is 0 Å². The molecule has 0 bridgehead atoms. The van der Waals surface area contributed by atoms with Crippen LogP contribution in [0.4, 0.5) is 17.3 Å². The van der Waals surface area contributed by atoms with Gasteiger partial charge in [-0.25, -0.2) is 9.67 Å². The molecule has 0 N–H and O–H groups in total. The number of hydrogen-bond acceptors (Lipinski definition) is 7. The average molecular weight is 317 g/mol. The second kappa shape index (κ2) is 6.19. The summed E-state index contributed by atoms with van der Waals surface area (Å²) in [5, 5.41) is 15.7. The van der Waals surface area contributed by atoms with Crippen molar-refractivity contribution < 1.29 is 4.92 Å². The molecular weight excluding hydrogens is 298 g/mol. The summed E-state index contributed by atoms with van der Waals surface area (Å²) in [7, 11) is 1.76. The molecule has 0 atom stereocenters. The first kappa shape index (κ1) is 15.2. The highest BCUT2D eigenvalue weighted by atomic mass is 16.6. The number of aryl methyl sites for hydroxylation is 2. The van der Waals surface area contributed by atoms with Crippen molar-refractivity contribution in [2.75, 3.05) is 36.0 Å². The summed E-state index contributed by atoms with van der Waals surface area (Å²) in [6.45, 7) is 4.72. The van der Waals surface area contributed by atoms with E-state index >= 15 is 0 Å². The fraction of sp³-hybridized carbons (Fsp3) is 0.500. The maximum atomic E-state index is 11.4. The maximum Gasteiger partial charge on any atom is 0.334 e. The molecule has 1 aliphatic rings. The third-order valence-electron chi connectivity index (χ3n) is 4.03. The van der Waals surface area contributed by atoms with Crippen molar-refractivity contribution in [1.82, 2.24) is 19.7 Å². The molecular formula is C14H19N7O2. The zero-order valence-corrected chi connectivity index (χ0v) is 13.2. The van der Waals surface area contributed by atoms with Crippen LogP contribution in [0.2, 0.25) is 0 Å². The van der Waals surface area contributed by atoms with E-state index < -0.39 is 0 Å². The van der Waals surface area contributed by atoms with Gasteiger partial charge < -0.3 is 9.80 Å². The van der Waals surface area contributed by atoms with Gasteiger partial charge in [-0.15, -0.1) is 0 Å². The normalized spacial score (nSPS) is 15.0. The molecule has 0 amide bonds. The minimum atomic E-state index is -0.323. The number of nitrogens with zero attached hydrogens (tertiary/aromatic N) is 7. The summed E-state index contributed by atoms with van der Waals surface area (Å²) >= 11 is 0. The van der Waals surface area contributed by atoms with Gasteiger partial charge in [0, 0.05) is 45.6 Å². The van der Waals surface area contributed by atoms with Gasteiger partial charge in [-0.2, -0.15) is 5.10 Å². The smallest absolute Gasteiger partial charge is 0.334 e. The van der Waals surface area contributed by atoms with Gasteiger partial charge in [-0.1, -0.05) is 6.92 Å². The standard InChI is InChI=1S/C14H19N7O2/c1-3-11-13(21(22)23)14(18(2)17-11)20-8-6-19(7-9-20)12-10-15-4-5-16-12/h4-5,10H,3,6-9H2,1-2H3. The number of aromatic nitrogens is 4. The van der Waals surface area contributed by atoms with Gasteiger partial charge in [0.15, 0.2) is 0 Å². The summed E-state index contributed by atoms with van der Waals surface area (Å²) in [5.41, 5.74) is 0.659. The lowest BCUT2D eigenvalue weighted by atomic mass is 10.2. The van der Waals surface area contributed by atoms with Crippen LogP contribution in [-0.2, 0) is 13.5 Å². The highest BCUT2D eigenvalue weighted by Gasteiger charge is 2.31. The summed E-state index contributed by atoms with van der Waals surface area (Å²) < 4.78 is 1.62. The molecule has 2 aromatic rings. The molecule has 3 heterocycles. The Labute approximate surface area is 133 Å². The van der Waals surface area contributed by atoms with Crippen LogP contribution in [0.25, 0.3) is 0 Å². The fourth-order valence-electron chi connectivity index (χ4n) is 2.94. The molecule has 0 unspecified atom stereocenters. The predicted octanol–water partition coefficient (Wildman–Crippen LogP) is 1.01. The summed E-state index contributed by atoms with van der Waals surface area (Å²) in [4.78, 5) is 23.7. The van der Waals surface area contributed by atoms with Crippen molar-refractivity contribution in [3.63, 3.8) is 0 Å². The zero-order chi connectivity index (χ0) is 16.4. The molecule has 0 saturated carbocycles. The van der Waals surface area contributed by atoms with Gasteiger partial charge in [0.1, 0.15) is 11.5 Å². The number of piperazine rings is 1. The average Bonchev–Trinajstić information content (AvgIpc) is 2.92. The van der Waals surface area contributed by atoms with Crippen LogP contribution in [0.15, 0.2) is 18.6 Å². The first-order valence-corrected chi connectivity index (χ1v) is 7.58. The molecule has 2 aromatic heterocycles. The Morgan fingerprint density at radius 3 is 2.48 bits per heavy atom.